The summed E-state index contributed by atoms with van der Waals surface area (Å²) >= 11 is 1.31. The Morgan fingerprint density at radius 2 is 1.94 bits per heavy atom. The Hall–Kier alpha value is -2.17. The maximum Gasteiger partial charge on any atom is 0.433 e. The lowest BCUT2D eigenvalue weighted by molar-refractivity contribution is -0.145. The standard InChI is InChI=1S/C24H31F3N2O4S/c1-23(2,3)11-15-10-16(22(31)32)13-29(12-15)14-17-4-6-19(34-17)21-18(33-9-8-30)5-7-20(28-21)24(25,26)27/h4-7,15-16,30H,8-14H2,1-3H3,(H,31,32)/t15?,16-/m1/s1. The quantitative estimate of drug-likeness (QED) is 0.521. The van der Waals surface area contributed by atoms with E-state index in [1.807, 2.05) is 6.07 Å². The highest BCUT2D eigenvalue weighted by molar-refractivity contribution is 7.15. The smallest absolute Gasteiger partial charge is 0.433 e. The number of hydrogen-bond acceptors (Lipinski definition) is 6. The number of alkyl halides is 3. The van der Waals surface area contributed by atoms with Gasteiger partial charge in [-0.15, -0.1) is 11.3 Å². The van der Waals surface area contributed by atoms with Gasteiger partial charge in [0.25, 0.3) is 0 Å². The molecule has 0 saturated carbocycles. The number of rotatable bonds is 8. The Balaban J connectivity index is 1.82. The monoisotopic (exact) mass is 500 g/mol. The molecule has 0 radical (unpaired) electrons. The molecule has 1 aliphatic heterocycles. The molecule has 2 aromatic heterocycles. The molecule has 2 atom stereocenters. The average Bonchev–Trinajstić information content (AvgIpc) is 3.18. The molecule has 2 aromatic rings. The van der Waals surface area contributed by atoms with Gasteiger partial charge < -0.3 is 14.9 Å². The number of carboxylic acids is 1. The zero-order chi connectivity index (χ0) is 25.1. The number of pyridine rings is 1. The fraction of sp³-hybridized carbons (Fsp3) is 0.583. The van der Waals surface area contributed by atoms with Crippen LogP contribution in [0.25, 0.3) is 10.6 Å². The highest BCUT2D eigenvalue weighted by Crippen LogP contribution is 2.38. The lowest BCUT2D eigenvalue weighted by Crippen LogP contribution is -2.43. The normalized spacial score (nSPS) is 19.9. The molecule has 1 unspecified atom stereocenters. The molecule has 0 amide bonds. The van der Waals surface area contributed by atoms with E-state index >= 15 is 0 Å². The predicted molar refractivity (Wildman–Crippen MR) is 124 cm³/mol. The molecule has 1 fully saturated rings. The van der Waals surface area contributed by atoms with E-state index < -0.39 is 23.8 Å². The number of piperidine rings is 1. The number of carboxylic acid groups (broad SMARTS) is 1. The number of thiophene rings is 1. The third-order valence-corrected chi connectivity index (χ3v) is 6.71. The van der Waals surface area contributed by atoms with Gasteiger partial charge in [-0.2, -0.15) is 13.2 Å². The lowest BCUT2D eigenvalue weighted by atomic mass is 9.78. The number of halogens is 3. The van der Waals surface area contributed by atoms with Crippen LogP contribution in [0, 0.1) is 17.3 Å². The van der Waals surface area contributed by atoms with Gasteiger partial charge in [-0.1, -0.05) is 20.8 Å². The van der Waals surface area contributed by atoms with Crippen LogP contribution in [0.1, 0.15) is 44.2 Å². The summed E-state index contributed by atoms with van der Waals surface area (Å²) in [7, 11) is 0. The first-order chi connectivity index (χ1) is 15.9. The van der Waals surface area contributed by atoms with E-state index in [0.29, 0.717) is 24.4 Å². The van der Waals surface area contributed by atoms with Crippen LogP contribution in [0.15, 0.2) is 24.3 Å². The topological polar surface area (TPSA) is 82.9 Å². The van der Waals surface area contributed by atoms with Gasteiger partial charge in [-0.3, -0.25) is 9.69 Å². The lowest BCUT2D eigenvalue weighted by Gasteiger charge is -2.38. The second-order valence-electron chi connectivity index (χ2n) is 9.97. The number of aromatic nitrogens is 1. The van der Waals surface area contributed by atoms with Crippen molar-refractivity contribution in [1.29, 1.82) is 0 Å². The fourth-order valence-corrected chi connectivity index (χ4v) is 5.53. The van der Waals surface area contributed by atoms with Crippen molar-refractivity contribution in [3.05, 3.63) is 34.8 Å². The van der Waals surface area contributed by atoms with Crippen molar-refractivity contribution in [3.63, 3.8) is 0 Å². The van der Waals surface area contributed by atoms with Crippen molar-refractivity contribution in [3.8, 4) is 16.3 Å². The van der Waals surface area contributed by atoms with E-state index in [2.05, 4.69) is 30.7 Å². The van der Waals surface area contributed by atoms with Crippen molar-refractivity contribution in [2.45, 2.75) is 46.3 Å². The van der Waals surface area contributed by atoms with Gasteiger partial charge in [-0.05, 0) is 48.4 Å². The summed E-state index contributed by atoms with van der Waals surface area (Å²) in [4.78, 5) is 19.1. The fourth-order valence-electron chi connectivity index (χ4n) is 4.49. The van der Waals surface area contributed by atoms with Crippen LogP contribution < -0.4 is 4.74 Å². The number of nitrogens with zero attached hydrogens (tertiary/aromatic N) is 2. The van der Waals surface area contributed by atoms with Crippen molar-refractivity contribution >= 4 is 17.3 Å². The van der Waals surface area contributed by atoms with Gasteiger partial charge in [0.05, 0.1) is 17.4 Å². The first kappa shape index (κ1) is 26.4. The number of hydrogen-bond donors (Lipinski definition) is 2. The Morgan fingerprint density at radius 1 is 1.21 bits per heavy atom. The van der Waals surface area contributed by atoms with Crippen LogP contribution >= 0.6 is 11.3 Å². The molecular weight excluding hydrogens is 469 g/mol. The number of aliphatic hydroxyl groups is 1. The van der Waals surface area contributed by atoms with Gasteiger partial charge in [0.2, 0.25) is 0 Å². The second-order valence-corrected chi connectivity index (χ2v) is 11.1. The minimum Gasteiger partial charge on any atom is -0.489 e. The van der Waals surface area contributed by atoms with E-state index in [-0.39, 0.29) is 36.0 Å². The van der Waals surface area contributed by atoms with Crippen LogP contribution in [0.3, 0.4) is 0 Å². The molecule has 34 heavy (non-hydrogen) atoms. The molecule has 1 saturated heterocycles. The maximum absolute atomic E-state index is 13.2. The van der Waals surface area contributed by atoms with E-state index in [0.717, 1.165) is 23.9 Å². The van der Waals surface area contributed by atoms with Crippen LogP contribution in [0.2, 0.25) is 0 Å². The molecule has 3 rings (SSSR count). The van der Waals surface area contributed by atoms with Gasteiger partial charge in [0.1, 0.15) is 23.7 Å². The van der Waals surface area contributed by atoms with Crippen molar-refractivity contribution < 1.29 is 32.9 Å². The summed E-state index contributed by atoms with van der Waals surface area (Å²) in [6, 6.07) is 5.62. The Morgan fingerprint density at radius 3 is 2.56 bits per heavy atom. The first-order valence-electron chi connectivity index (χ1n) is 11.2. The van der Waals surface area contributed by atoms with Gasteiger partial charge in [0.15, 0.2) is 0 Å². The van der Waals surface area contributed by atoms with Gasteiger partial charge in [0, 0.05) is 24.5 Å². The number of aliphatic carboxylic acids is 1. The molecule has 0 spiro atoms. The zero-order valence-corrected chi connectivity index (χ0v) is 20.4. The SMILES string of the molecule is CC(C)(C)CC1C[C@@H](C(=O)O)CN(Cc2ccc(-c3nc(C(F)(F)F)ccc3OCCO)s2)C1. The van der Waals surface area contributed by atoms with E-state index in [1.165, 1.54) is 17.4 Å². The minimum atomic E-state index is -4.59. The third kappa shape index (κ3) is 7.16. The second kappa shape index (κ2) is 10.6. The summed E-state index contributed by atoms with van der Waals surface area (Å²) in [6.45, 7) is 7.84. The van der Waals surface area contributed by atoms with Crippen LogP contribution in [-0.4, -0.2) is 52.4 Å². The number of carbonyl (C=O) groups is 1. The molecule has 0 aliphatic carbocycles. The summed E-state index contributed by atoms with van der Waals surface area (Å²) < 4.78 is 45.1. The molecule has 3 heterocycles. The van der Waals surface area contributed by atoms with E-state index in [9.17, 15) is 23.1 Å². The van der Waals surface area contributed by atoms with Crippen LogP contribution in [0.5, 0.6) is 5.75 Å². The number of ether oxygens (including phenoxy) is 1. The first-order valence-corrected chi connectivity index (χ1v) is 12.0. The largest absolute Gasteiger partial charge is 0.489 e. The summed E-state index contributed by atoms with van der Waals surface area (Å²) in [5, 5.41) is 18.7. The Kier molecular flexibility index (Phi) is 8.26. The third-order valence-electron chi connectivity index (χ3n) is 5.64. The molecule has 10 heteroatoms. The van der Waals surface area contributed by atoms with Crippen LogP contribution in [-0.2, 0) is 17.5 Å². The highest BCUT2D eigenvalue weighted by Gasteiger charge is 2.35. The maximum atomic E-state index is 13.2. The molecule has 0 bridgehead atoms. The molecule has 2 N–H and O–H groups in total. The van der Waals surface area contributed by atoms with Gasteiger partial charge in [-0.25, -0.2) is 4.98 Å². The molecule has 0 aromatic carbocycles. The van der Waals surface area contributed by atoms with Crippen molar-refractivity contribution in [2.75, 3.05) is 26.3 Å². The average molecular weight is 501 g/mol. The molecular formula is C24H31F3N2O4S. The highest BCUT2D eigenvalue weighted by atomic mass is 32.1. The van der Waals surface area contributed by atoms with Crippen LogP contribution in [0.4, 0.5) is 13.2 Å². The summed E-state index contributed by atoms with van der Waals surface area (Å²) in [5.41, 5.74) is -0.848. The Bertz CT molecular complexity index is 987. The van der Waals surface area contributed by atoms with E-state index in [4.69, 9.17) is 9.84 Å². The van der Waals surface area contributed by atoms with Gasteiger partial charge >= 0.3 is 12.1 Å². The van der Waals surface area contributed by atoms with Crippen molar-refractivity contribution in [2.24, 2.45) is 17.3 Å². The molecule has 188 valence electrons. The summed E-state index contributed by atoms with van der Waals surface area (Å²) in [5.74, 6) is -0.805. The number of likely N-dealkylation sites (tertiary alicyclic amines) is 1. The Labute approximate surface area is 201 Å². The zero-order valence-electron chi connectivity index (χ0n) is 19.6. The number of aliphatic hydroxyl groups excluding tert-OH is 1. The van der Waals surface area contributed by atoms with Crippen molar-refractivity contribution in [1.82, 2.24) is 9.88 Å². The van der Waals surface area contributed by atoms with E-state index in [1.54, 1.807) is 6.07 Å². The molecule has 6 nitrogen and oxygen atoms in total. The molecule has 1 aliphatic rings. The predicted octanol–water partition coefficient (Wildman–Crippen LogP) is 5.16. The summed E-state index contributed by atoms with van der Waals surface area (Å²) in [6.07, 6.45) is -3.02. The minimum absolute atomic E-state index is 0.0577.